The lowest BCUT2D eigenvalue weighted by Crippen LogP contribution is -2.38. The van der Waals surface area contributed by atoms with Crippen LogP contribution >= 0.6 is 0 Å². The monoisotopic (exact) mass is 298 g/mol. The summed E-state index contributed by atoms with van der Waals surface area (Å²) in [6, 6.07) is 9.80. The fourth-order valence-corrected chi connectivity index (χ4v) is 3.16. The van der Waals surface area contributed by atoms with Gasteiger partial charge >= 0.3 is 0 Å². The van der Waals surface area contributed by atoms with Crippen molar-refractivity contribution in [2.45, 2.75) is 38.1 Å². The summed E-state index contributed by atoms with van der Waals surface area (Å²) in [5, 5.41) is 0.983. The van der Waals surface area contributed by atoms with Crippen LogP contribution in [0.3, 0.4) is 0 Å². The molecule has 0 bridgehead atoms. The highest BCUT2D eigenvalue weighted by Gasteiger charge is 2.23. The Morgan fingerprint density at radius 1 is 1.18 bits per heavy atom. The second-order valence-electron chi connectivity index (χ2n) is 5.96. The lowest BCUT2D eigenvalue weighted by atomic mass is 9.94. The van der Waals surface area contributed by atoms with Gasteiger partial charge in [-0.05, 0) is 37.1 Å². The first-order chi connectivity index (χ1) is 10.7. The predicted molar refractivity (Wildman–Crippen MR) is 87.3 cm³/mol. The summed E-state index contributed by atoms with van der Waals surface area (Å²) >= 11 is 0. The second kappa shape index (κ2) is 6.34. The molecule has 0 unspecified atom stereocenters. The van der Waals surface area contributed by atoms with E-state index < -0.39 is 0 Å². The lowest BCUT2D eigenvalue weighted by Gasteiger charge is -2.31. The highest BCUT2D eigenvalue weighted by Crippen LogP contribution is 2.24. The molecule has 1 aromatic carbocycles. The van der Waals surface area contributed by atoms with E-state index in [9.17, 15) is 4.79 Å². The molecule has 0 radical (unpaired) electrons. The van der Waals surface area contributed by atoms with E-state index in [0.29, 0.717) is 11.7 Å². The minimum atomic E-state index is 0.0182. The topological polar surface area (TPSA) is 42.4 Å². The first-order valence-corrected chi connectivity index (χ1v) is 7.91. The molecule has 0 aliphatic heterocycles. The Kier molecular flexibility index (Phi) is 4.27. The Labute approximate surface area is 131 Å². The Hall–Kier alpha value is -2.10. The van der Waals surface area contributed by atoms with Crippen molar-refractivity contribution in [1.29, 1.82) is 0 Å². The van der Waals surface area contributed by atoms with Crippen LogP contribution in [0.1, 0.15) is 42.6 Å². The number of carbonyl (C=O) groups excluding carboxylic acids is 1. The van der Waals surface area contributed by atoms with Gasteiger partial charge in [-0.1, -0.05) is 25.3 Å². The number of hydrogen-bond acceptors (Lipinski definition) is 3. The van der Waals surface area contributed by atoms with Gasteiger partial charge < -0.3 is 9.64 Å². The second-order valence-corrected chi connectivity index (χ2v) is 5.96. The number of hydrogen-bond donors (Lipinski definition) is 0. The van der Waals surface area contributed by atoms with E-state index in [1.165, 1.54) is 19.3 Å². The summed E-state index contributed by atoms with van der Waals surface area (Å²) in [6.07, 6.45) is 5.93. The first kappa shape index (κ1) is 14.8. The Morgan fingerprint density at radius 3 is 2.68 bits per heavy atom. The predicted octanol–water partition coefficient (Wildman–Crippen LogP) is 3.65. The molecule has 0 saturated heterocycles. The first-order valence-electron chi connectivity index (χ1n) is 7.91. The van der Waals surface area contributed by atoms with Crippen LogP contribution in [-0.2, 0) is 0 Å². The van der Waals surface area contributed by atoms with Gasteiger partial charge in [-0.3, -0.25) is 4.79 Å². The van der Waals surface area contributed by atoms with Crippen molar-refractivity contribution >= 4 is 16.8 Å². The molecule has 3 rings (SSSR count). The minimum Gasteiger partial charge on any atom is -0.497 e. The summed E-state index contributed by atoms with van der Waals surface area (Å²) in [6.45, 7) is 0. The zero-order chi connectivity index (χ0) is 15.5. The van der Waals surface area contributed by atoms with Crippen LogP contribution in [-0.4, -0.2) is 36.0 Å². The van der Waals surface area contributed by atoms with Crippen LogP contribution in [0.2, 0.25) is 0 Å². The number of pyridine rings is 1. The Morgan fingerprint density at radius 2 is 1.95 bits per heavy atom. The van der Waals surface area contributed by atoms with Crippen LogP contribution in [0.4, 0.5) is 0 Å². The molecule has 1 fully saturated rings. The molecule has 0 N–H and O–H groups in total. The van der Waals surface area contributed by atoms with Crippen molar-refractivity contribution in [3.8, 4) is 5.75 Å². The minimum absolute atomic E-state index is 0.0182. The summed E-state index contributed by atoms with van der Waals surface area (Å²) < 4.78 is 5.21. The maximum Gasteiger partial charge on any atom is 0.272 e. The quantitative estimate of drug-likeness (QED) is 0.868. The smallest absolute Gasteiger partial charge is 0.272 e. The van der Waals surface area contributed by atoms with E-state index in [0.717, 1.165) is 29.5 Å². The van der Waals surface area contributed by atoms with Crippen LogP contribution in [0.5, 0.6) is 5.75 Å². The van der Waals surface area contributed by atoms with Crippen LogP contribution in [0.15, 0.2) is 30.3 Å². The third kappa shape index (κ3) is 2.91. The van der Waals surface area contributed by atoms with Crippen LogP contribution in [0.25, 0.3) is 10.9 Å². The number of ether oxygens (including phenoxy) is 1. The van der Waals surface area contributed by atoms with Gasteiger partial charge in [-0.25, -0.2) is 4.98 Å². The highest BCUT2D eigenvalue weighted by molar-refractivity contribution is 5.95. The van der Waals surface area contributed by atoms with Crippen LogP contribution < -0.4 is 4.74 Å². The third-order valence-corrected chi connectivity index (χ3v) is 4.56. The molecule has 4 nitrogen and oxygen atoms in total. The van der Waals surface area contributed by atoms with Crippen molar-refractivity contribution in [3.63, 3.8) is 0 Å². The number of benzene rings is 1. The van der Waals surface area contributed by atoms with Crippen molar-refractivity contribution < 1.29 is 9.53 Å². The average molecular weight is 298 g/mol. The van der Waals surface area contributed by atoms with E-state index in [2.05, 4.69) is 4.98 Å². The third-order valence-electron chi connectivity index (χ3n) is 4.56. The van der Waals surface area contributed by atoms with E-state index >= 15 is 0 Å². The normalized spacial score (nSPS) is 15.7. The molecule has 1 heterocycles. The van der Waals surface area contributed by atoms with E-state index in [4.69, 9.17) is 4.74 Å². The average Bonchev–Trinajstić information content (AvgIpc) is 2.60. The SMILES string of the molecule is COc1ccc2nc(C(=O)N(C)C3CCCCC3)ccc2c1. The number of nitrogens with zero attached hydrogens (tertiary/aromatic N) is 2. The largest absolute Gasteiger partial charge is 0.497 e. The van der Waals surface area contributed by atoms with Gasteiger partial charge in [0.15, 0.2) is 0 Å². The van der Waals surface area contributed by atoms with E-state index in [1.54, 1.807) is 7.11 Å². The van der Waals surface area contributed by atoms with Gasteiger partial charge in [0.2, 0.25) is 0 Å². The zero-order valence-corrected chi connectivity index (χ0v) is 13.2. The molecule has 1 aliphatic carbocycles. The van der Waals surface area contributed by atoms with Gasteiger partial charge in [-0.15, -0.1) is 0 Å². The maximum absolute atomic E-state index is 12.6. The molecular formula is C18H22N2O2. The molecule has 116 valence electrons. The summed E-state index contributed by atoms with van der Waals surface area (Å²) in [5.74, 6) is 0.817. The van der Waals surface area contributed by atoms with Gasteiger partial charge in [-0.2, -0.15) is 0 Å². The summed E-state index contributed by atoms with van der Waals surface area (Å²) in [7, 11) is 3.55. The fourth-order valence-electron chi connectivity index (χ4n) is 3.16. The molecule has 1 saturated carbocycles. The molecule has 1 aliphatic rings. The molecular weight excluding hydrogens is 276 g/mol. The number of aromatic nitrogens is 1. The standard InChI is InChI=1S/C18H22N2O2/c1-20(14-6-4-3-5-7-14)18(21)17-10-8-13-12-15(22-2)9-11-16(13)19-17/h8-12,14H,3-7H2,1-2H3. The van der Waals surface area contributed by atoms with Gasteiger partial charge in [0.25, 0.3) is 5.91 Å². The number of fused-ring (bicyclic) bond motifs is 1. The highest BCUT2D eigenvalue weighted by atomic mass is 16.5. The summed E-state index contributed by atoms with van der Waals surface area (Å²) in [4.78, 5) is 19.0. The maximum atomic E-state index is 12.6. The van der Waals surface area contributed by atoms with Gasteiger partial charge in [0.05, 0.1) is 12.6 Å². The number of carbonyl (C=O) groups is 1. The van der Waals surface area contributed by atoms with Crippen LogP contribution in [0, 0.1) is 0 Å². The van der Waals surface area contributed by atoms with Gasteiger partial charge in [0.1, 0.15) is 11.4 Å². The van der Waals surface area contributed by atoms with E-state index in [-0.39, 0.29) is 5.91 Å². The number of amides is 1. The lowest BCUT2D eigenvalue weighted by molar-refractivity contribution is 0.0690. The molecule has 4 heteroatoms. The molecule has 0 spiro atoms. The van der Waals surface area contributed by atoms with Crippen molar-refractivity contribution in [2.24, 2.45) is 0 Å². The Balaban J connectivity index is 1.84. The van der Waals surface area contributed by atoms with Gasteiger partial charge in [0, 0.05) is 18.5 Å². The molecule has 1 aromatic heterocycles. The molecule has 1 amide bonds. The van der Waals surface area contributed by atoms with Crippen molar-refractivity contribution in [1.82, 2.24) is 9.88 Å². The zero-order valence-electron chi connectivity index (χ0n) is 13.2. The van der Waals surface area contributed by atoms with E-state index in [1.807, 2.05) is 42.3 Å². The molecule has 22 heavy (non-hydrogen) atoms. The van der Waals surface area contributed by atoms with Crippen molar-refractivity contribution in [3.05, 3.63) is 36.0 Å². The number of rotatable bonds is 3. The molecule has 2 aromatic rings. The number of methoxy groups -OCH3 is 1. The van der Waals surface area contributed by atoms with Crippen molar-refractivity contribution in [2.75, 3.05) is 14.2 Å². The summed E-state index contributed by atoms with van der Waals surface area (Å²) in [5.41, 5.74) is 1.34. The molecule has 0 atom stereocenters. The fraction of sp³-hybridized carbons (Fsp3) is 0.444. The Bertz CT molecular complexity index is 678.